The van der Waals surface area contributed by atoms with Gasteiger partial charge < -0.3 is 16.0 Å². The highest BCUT2D eigenvalue weighted by molar-refractivity contribution is 7.88. The van der Waals surface area contributed by atoms with Crippen LogP contribution in [0.15, 0.2) is 0 Å². The summed E-state index contributed by atoms with van der Waals surface area (Å²) in [5.41, 5.74) is 5.17. The Hall–Kier alpha value is -1.39. The second kappa shape index (κ2) is 7.45. The maximum Gasteiger partial charge on any atom is 0.317 e. The Kier molecular flexibility index (Phi) is 5.82. The molecule has 0 aliphatic carbocycles. The molecule has 0 aromatic carbocycles. The number of piperidine rings is 1. The Morgan fingerprint density at radius 2 is 1.65 bits per heavy atom. The molecule has 2 aliphatic heterocycles. The number of hydrogen-bond donors (Lipinski definition) is 2. The van der Waals surface area contributed by atoms with E-state index in [4.69, 9.17) is 5.73 Å². The lowest BCUT2D eigenvalue weighted by Gasteiger charge is -2.36. The average Bonchev–Trinajstić information content (AvgIpc) is 2.48. The molecule has 10 heteroatoms. The fraction of sp³-hybridized carbons (Fsp3) is 0.846. The molecule has 0 radical (unpaired) electrons. The topological polar surface area (TPSA) is 116 Å². The van der Waals surface area contributed by atoms with Crippen LogP contribution in [0.25, 0.3) is 0 Å². The molecule has 2 saturated heterocycles. The molecule has 23 heavy (non-hydrogen) atoms. The molecule has 3 amide bonds. The van der Waals surface area contributed by atoms with Gasteiger partial charge in [0, 0.05) is 45.3 Å². The first-order chi connectivity index (χ1) is 10.8. The number of nitrogens with one attached hydrogen (secondary N) is 1. The Morgan fingerprint density at radius 1 is 1.09 bits per heavy atom. The highest BCUT2D eigenvalue weighted by Gasteiger charge is 2.28. The molecular weight excluding hydrogens is 322 g/mol. The van der Waals surface area contributed by atoms with Gasteiger partial charge in [-0.3, -0.25) is 9.69 Å². The van der Waals surface area contributed by atoms with E-state index < -0.39 is 10.0 Å². The second-order valence-corrected chi connectivity index (χ2v) is 8.10. The van der Waals surface area contributed by atoms with Gasteiger partial charge in [0.05, 0.1) is 12.8 Å². The average molecular weight is 347 g/mol. The van der Waals surface area contributed by atoms with Crippen molar-refractivity contribution in [3.8, 4) is 0 Å². The number of hydrogen-bond acceptors (Lipinski definition) is 5. The Bertz CT molecular complexity index is 537. The Labute approximate surface area is 136 Å². The van der Waals surface area contributed by atoms with Crippen molar-refractivity contribution in [3.05, 3.63) is 0 Å². The van der Waals surface area contributed by atoms with Gasteiger partial charge in [-0.1, -0.05) is 0 Å². The van der Waals surface area contributed by atoms with Crippen molar-refractivity contribution < 1.29 is 18.0 Å². The zero-order valence-corrected chi connectivity index (χ0v) is 14.2. The fourth-order valence-corrected chi connectivity index (χ4v) is 3.77. The SMILES string of the molecule is CS(=O)(=O)N1CCN(C(=O)NC2CCN(CC(N)=O)CC2)CC1. The summed E-state index contributed by atoms with van der Waals surface area (Å²) in [4.78, 5) is 26.8. The number of sulfonamides is 1. The molecule has 2 fully saturated rings. The summed E-state index contributed by atoms with van der Waals surface area (Å²) in [6.07, 6.45) is 2.74. The zero-order chi connectivity index (χ0) is 17.0. The summed E-state index contributed by atoms with van der Waals surface area (Å²) in [7, 11) is -3.19. The van der Waals surface area contributed by atoms with Crippen LogP contribution in [0.5, 0.6) is 0 Å². The van der Waals surface area contributed by atoms with E-state index in [1.165, 1.54) is 10.6 Å². The van der Waals surface area contributed by atoms with E-state index in [1.54, 1.807) is 4.90 Å². The molecule has 132 valence electrons. The first kappa shape index (κ1) is 18.0. The van der Waals surface area contributed by atoms with Crippen LogP contribution in [0.3, 0.4) is 0 Å². The highest BCUT2D eigenvalue weighted by atomic mass is 32.2. The van der Waals surface area contributed by atoms with Gasteiger partial charge in [0.25, 0.3) is 0 Å². The number of urea groups is 1. The number of rotatable bonds is 4. The van der Waals surface area contributed by atoms with E-state index in [1.807, 2.05) is 4.90 Å². The summed E-state index contributed by atoms with van der Waals surface area (Å²) in [6, 6.07) is -0.0638. The lowest BCUT2D eigenvalue weighted by atomic mass is 10.1. The number of likely N-dealkylation sites (tertiary alicyclic amines) is 1. The zero-order valence-electron chi connectivity index (χ0n) is 13.4. The Balaban J connectivity index is 1.73. The van der Waals surface area contributed by atoms with Gasteiger partial charge in [-0.25, -0.2) is 13.2 Å². The van der Waals surface area contributed by atoms with Crippen molar-refractivity contribution in [1.82, 2.24) is 19.4 Å². The molecule has 0 aromatic heterocycles. The molecule has 0 bridgehead atoms. The number of primary amides is 1. The van der Waals surface area contributed by atoms with E-state index in [0.717, 1.165) is 25.9 Å². The van der Waals surface area contributed by atoms with Crippen LogP contribution < -0.4 is 11.1 Å². The van der Waals surface area contributed by atoms with Crippen LogP contribution in [0.4, 0.5) is 4.79 Å². The number of carbonyl (C=O) groups excluding carboxylic acids is 2. The van der Waals surface area contributed by atoms with Gasteiger partial charge in [-0.15, -0.1) is 0 Å². The number of nitrogens with two attached hydrogens (primary N) is 1. The van der Waals surface area contributed by atoms with Crippen molar-refractivity contribution in [2.75, 3.05) is 52.1 Å². The first-order valence-electron chi connectivity index (χ1n) is 7.77. The van der Waals surface area contributed by atoms with Crippen molar-refractivity contribution in [3.63, 3.8) is 0 Å². The lowest BCUT2D eigenvalue weighted by Crippen LogP contribution is -2.55. The number of amides is 3. The van der Waals surface area contributed by atoms with E-state index in [-0.39, 0.29) is 24.5 Å². The van der Waals surface area contributed by atoms with Crippen molar-refractivity contribution in [2.24, 2.45) is 5.73 Å². The third-order valence-electron chi connectivity index (χ3n) is 4.29. The van der Waals surface area contributed by atoms with E-state index in [2.05, 4.69) is 5.32 Å². The van der Waals surface area contributed by atoms with Crippen LogP contribution in [-0.4, -0.2) is 92.6 Å². The van der Waals surface area contributed by atoms with Gasteiger partial charge in [0.15, 0.2) is 0 Å². The molecule has 2 aliphatic rings. The summed E-state index contributed by atoms with van der Waals surface area (Å²) < 4.78 is 24.3. The lowest BCUT2D eigenvalue weighted by molar-refractivity contribution is -0.119. The van der Waals surface area contributed by atoms with Crippen LogP contribution in [0.2, 0.25) is 0 Å². The molecule has 0 unspecified atom stereocenters. The maximum atomic E-state index is 12.2. The predicted octanol–water partition coefficient (Wildman–Crippen LogP) is -1.78. The minimum absolute atomic E-state index is 0.0829. The van der Waals surface area contributed by atoms with Gasteiger partial charge >= 0.3 is 6.03 Å². The minimum atomic E-state index is -3.19. The van der Waals surface area contributed by atoms with Gasteiger partial charge in [-0.2, -0.15) is 4.31 Å². The van der Waals surface area contributed by atoms with Crippen LogP contribution in [0.1, 0.15) is 12.8 Å². The normalized spacial score (nSPS) is 22.0. The third-order valence-corrected chi connectivity index (χ3v) is 5.59. The second-order valence-electron chi connectivity index (χ2n) is 6.12. The fourth-order valence-electron chi connectivity index (χ4n) is 2.94. The largest absolute Gasteiger partial charge is 0.369 e. The Morgan fingerprint density at radius 3 is 2.13 bits per heavy atom. The molecule has 0 aromatic rings. The monoisotopic (exact) mass is 347 g/mol. The number of carbonyl (C=O) groups is 2. The van der Waals surface area contributed by atoms with Crippen molar-refractivity contribution in [2.45, 2.75) is 18.9 Å². The molecule has 0 atom stereocenters. The van der Waals surface area contributed by atoms with Gasteiger partial charge in [-0.05, 0) is 12.8 Å². The molecule has 2 heterocycles. The predicted molar refractivity (Wildman–Crippen MR) is 85.2 cm³/mol. The quantitative estimate of drug-likeness (QED) is 0.624. The molecule has 2 rings (SSSR count). The van der Waals surface area contributed by atoms with E-state index in [0.29, 0.717) is 26.2 Å². The van der Waals surface area contributed by atoms with Crippen molar-refractivity contribution in [1.29, 1.82) is 0 Å². The molecular formula is C13H25N5O4S. The molecule has 0 saturated carbocycles. The van der Waals surface area contributed by atoms with E-state index in [9.17, 15) is 18.0 Å². The summed E-state index contributed by atoms with van der Waals surface area (Å²) in [6.45, 7) is 3.20. The first-order valence-corrected chi connectivity index (χ1v) is 9.62. The third kappa shape index (κ3) is 5.33. The minimum Gasteiger partial charge on any atom is -0.369 e. The molecule has 9 nitrogen and oxygen atoms in total. The standard InChI is InChI=1S/C13H25N5O4S/c1-23(21,22)18-8-6-17(7-9-18)13(20)15-11-2-4-16(5-3-11)10-12(14)19/h11H,2-10H2,1H3,(H2,14,19)(H,15,20). The summed E-state index contributed by atoms with van der Waals surface area (Å²) >= 11 is 0. The van der Waals surface area contributed by atoms with Crippen LogP contribution in [0, 0.1) is 0 Å². The van der Waals surface area contributed by atoms with Gasteiger partial charge in [0.2, 0.25) is 15.9 Å². The number of piperazine rings is 1. The van der Waals surface area contributed by atoms with Gasteiger partial charge in [0.1, 0.15) is 0 Å². The van der Waals surface area contributed by atoms with E-state index >= 15 is 0 Å². The highest BCUT2D eigenvalue weighted by Crippen LogP contribution is 2.11. The molecule has 0 spiro atoms. The smallest absolute Gasteiger partial charge is 0.317 e. The maximum absolute atomic E-state index is 12.2. The molecule has 3 N–H and O–H groups in total. The van der Waals surface area contributed by atoms with Crippen LogP contribution >= 0.6 is 0 Å². The number of nitrogens with zero attached hydrogens (tertiary/aromatic N) is 3. The van der Waals surface area contributed by atoms with Crippen molar-refractivity contribution >= 4 is 22.0 Å². The summed E-state index contributed by atoms with van der Waals surface area (Å²) in [5.74, 6) is -0.337. The summed E-state index contributed by atoms with van der Waals surface area (Å²) in [5, 5.41) is 2.99. The van der Waals surface area contributed by atoms with Crippen LogP contribution in [-0.2, 0) is 14.8 Å².